The molecule has 0 aliphatic rings. The topological polar surface area (TPSA) is 84.0 Å². The molecule has 10 heteroatoms. The molecule has 2 rings (SSSR count). The summed E-state index contributed by atoms with van der Waals surface area (Å²) < 4.78 is 40.5. The van der Waals surface area contributed by atoms with Crippen molar-refractivity contribution in [2.24, 2.45) is 0 Å². The molecule has 2 aromatic rings. The lowest BCUT2D eigenvalue weighted by Crippen LogP contribution is -2.33. The minimum atomic E-state index is -3.25. The Hall–Kier alpha value is -2.81. The smallest absolute Gasteiger partial charge is 0.333 e. The fraction of sp³-hybridized carbons (Fsp3) is 0.188. The molecule has 0 atom stereocenters. The third-order valence-corrected chi connectivity index (χ3v) is 3.88. The standard InChI is InChI=1S/C16H13ClF3N3O3/c1-3-4-21-13(24)8-5-9(11(18)6-10(8)17)12-7(2)23(15(19)20)16(26)22-14(12)25/h3,5-6,15H,1,4H2,2H3,(H,21,24)(H,22,25,26). The maximum absolute atomic E-state index is 14.4. The number of carbonyl (C=O) groups is 1. The van der Waals surface area contributed by atoms with E-state index in [4.69, 9.17) is 11.6 Å². The monoisotopic (exact) mass is 387 g/mol. The molecule has 0 aliphatic heterocycles. The molecule has 0 fully saturated rings. The molecule has 0 spiro atoms. The van der Waals surface area contributed by atoms with Crippen LogP contribution in [0.1, 0.15) is 22.6 Å². The minimum absolute atomic E-state index is 0.0161. The summed E-state index contributed by atoms with van der Waals surface area (Å²) >= 11 is 5.86. The number of hydrogen-bond acceptors (Lipinski definition) is 3. The minimum Gasteiger partial charge on any atom is -0.349 e. The second-order valence-electron chi connectivity index (χ2n) is 5.18. The highest BCUT2D eigenvalue weighted by atomic mass is 35.5. The number of halogens is 4. The van der Waals surface area contributed by atoms with Crippen LogP contribution in [0.25, 0.3) is 11.1 Å². The molecule has 0 saturated heterocycles. The predicted molar refractivity (Wildman–Crippen MR) is 90.2 cm³/mol. The lowest BCUT2D eigenvalue weighted by Gasteiger charge is -2.14. The zero-order valence-electron chi connectivity index (χ0n) is 13.4. The van der Waals surface area contributed by atoms with Crippen molar-refractivity contribution in [3.8, 4) is 11.1 Å². The predicted octanol–water partition coefficient (Wildman–Crippen LogP) is 2.62. The van der Waals surface area contributed by atoms with Crippen LogP contribution in [0.15, 0.2) is 34.4 Å². The molecule has 0 radical (unpaired) electrons. The Morgan fingerprint density at radius 3 is 2.65 bits per heavy atom. The largest absolute Gasteiger partial charge is 0.349 e. The molecule has 26 heavy (non-hydrogen) atoms. The summed E-state index contributed by atoms with van der Waals surface area (Å²) in [5.41, 5.74) is -3.96. The number of alkyl halides is 2. The molecule has 1 amide bonds. The van der Waals surface area contributed by atoms with E-state index in [0.29, 0.717) is 0 Å². The summed E-state index contributed by atoms with van der Waals surface area (Å²) in [6.45, 7) is 1.36. The third-order valence-electron chi connectivity index (χ3n) is 3.56. The van der Waals surface area contributed by atoms with Crippen molar-refractivity contribution in [3.05, 3.63) is 67.7 Å². The van der Waals surface area contributed by atoms with Gasteiger partial charge in [-0.25, -0.2) is 13.8 Å². The average Bonchev–Trinajstić information content (AvgIpc) is 2.53. The van der Waals surface area contributed by atoms with E-state index in [1.807, 2.05) is 0 Å². The Balaban J connectivity index is 2.75. The molecule has 1 heterocycles. The Morgan fingerprint density at radius 2 is 2.08 bits per heavy atom. The molecule has 1 aromatic heterocycles. The second kappa shape index (κ2) is 7.61. The number of nitrogens with zero attached hydrogens (tertiary/aromatic N) is 1. The first-order valence-electron chi connectivity index (χ1n) is 7.21. The molecule has 0 aliphatic carbocycles. The summed E-state index contributed by atoms with van der Waals surface area (Å²) in [5.74, 6) is -1.68. The van der Waals surface area contributed by atoms with Crippen molar-refractivity contribution in [1.29, 1.82) is 0 Å². The summed E-state index contributed by atoms with van der Waals surface area (Å²) in [7, 11) is 0. The number of nitrogens with one attached hydrogen (secondary N) is 2. The molecular formula is C16H13ClF3N3O3. The van der Waals surface area contributed by atoms with Crippen LogP contribution in [-0.2, 0) is 0 Å². The number of benzene rings is 1. The van der Waals surface area contributed by atoms with Crippen LogP contribution in [-0.4, -0.2) is 22.0 Å². The molecule has 0 saturated carbocycles. The van der Waals surface area contributed by atoms with Gasteiger partial charge in [-0.15, -0.1) is 6.58 Å². The normalized spacial score (nSPS) is 10.8. The second-order valence-corrected chi connectivity index (χ2v) is 5.59. The summed E-state index contributed by atoms with van der Waals surface area (Å²) in [4.78, 5) is 37.5. The first-order valence-corrected chi connectivity index (χ1v) is 7.58. The Labute approximate surface area is 149 Å². The molecule has 0 unspecified atom stereocenters. The summed E-state index contributed by atoms with van der Waals surface area (Å²) in [5, 5.41) is 2.20. The lowest BCUT2D eigenvalue weighted by molar-refractivity contribution is 0.0626. The van der Waals surface area contributed by atoms with Crippen LogP contribution in [0.3, 0.4) is 0 Å². The van der Waals surface area contributed by atoms with E-state index >= 15 is 0 Å². The maximum atomic E-state index is 14.4. The first-order chi connectivity index (χ1) is 12.2. The Kier molecular flexibility index (Phi) is 5.71. The fourth-order valence-electron chi connectivity index (χ4n) is 2.38. The van der Waals surface area contributed by atoms with Gasteiger partial charge in [0.2, 0.25) is 0 Å². The number of carbonyl (C=O) groups excluding carboxylic acids is 1. The zero-order chi connectivity index (χ0) is 19.6. The van der Waals surface area contributed by atoms with Gasteiger partial charge in [0.25, 0.3) is 11.5 Å². The van der Waals surface area contributed by atoms with Crippen molar-refractivity contribution in [2.75, 3.05) is 6.54 Å². The molecule has 6 nitrogen and oxygen atoms in total. The Morgan fingerprint density at radius 1 is 1.42 bits per heavy atom. The van der Waals surface area contributed by atoms with E-state index in [0.717, 1.165) is 19.1 Å². The van der Waals surface area contributed by atoms with Gasteiger partial charge < -0.3 is 5.32 Å². The van der Waals surface area contributed by atoms with Crippen molar-refractivity contribution in [1.82, 2.24) is 14.9 Å². The van der Waals surface area contributed by atoms with Crippen LogP contribution in [0.4, 0.5) is 13.2 Å². The van der Waals surface area contributed by atoms with E-state index in [1.165, 1.54) is 6.08 Å². The Bertz CT molecular complexity index is 999. The molecule has 138 valence electrons. The van der Waals surface area contributed by atoms with Crippen LogP contribution in [0.2, 0.25) is 5.02 Å². The van der Waals surface area contributed by atoms with Crippen LogP contribution in [0, 0.1) is 12.7 Å². The third kappa shape index (κ3) is 3.57. The lowest BCUT2D eigenvalue weighted by atomic mass is 10.0. The van der Waals surface area contributed by atoms with Gasteiger partial charge >= 0.3 is 12.2 Å². The van der Waals surface area contributed by atoms with Gasteiger partial charge in [-0.05, 0) is 19.1 Å². The van der Waals surface area contributed by atoms with Crippen molar-refractivity contribution < 1.29 is 18.0 Å². The highest BCUT2D eigenvalue weighted by Gasteiger charge is 2.23. The number of aromatic amines is 1. The molecule has 0 bridgehead atoms. The average molecular weight is 388 g/mol. The SMILES string of the molecule is C=CCNC(=O)c1cc(-c2c(C)n(C(F)F)c(=O)[nH]c2=O)c(F)cc1Cl. The molecular weight excluding hydrogens is 375 g/mol. The summed E-state index contributed by atoms with van der Waals surface area (Å²) in [6, 6.07) is 1.75. The van der Waals surface area contributed by atoms with Crippen LogP contribution < -0.4 is 16.6 Å². The zero-order valence-corrected chi connectivity index (χ0v) is 14.2. The van der Waals surface area contributed by atoms with Crippen LogP contribution in [0.5, 0.6) is 0 Å². The van der Waals surface area contributed by atoms with Gasteiger partial charge in [0.05, 0.1) is 16.1 Å². The van der Waals surface area contributed by atoms with Crippen molar-refractivity contribution >= 4 is 17.5 Å². The van der Waals surface area contributed by atoms with Gasteiger partial charge in [-0.2, -0.15) is 8.78 Å². The van der Waals surface area contributed by atoms with E-state index in [-0.39, 0.29) is 21.7 Å². The van der Waals surface area contributed by atoms with Gasteiger partial charge in [0.1, 0.15) is 5.82 Å². The number of aromatic nitrogens is 2. The summed E-state index contributed by atoms with van der Waals surface area (Å²) in [6.07, 6.45) is 1.41. The van der Waals surface area contributed by atoms with E-state index < -0.39 is 46.3 Å². The molecule has 1 aromatic carbocycles. The van der Waals surface area contributed by atoms with Crippen LogP contribution >= 0.6 is 11.6 Å². The number of amides is 1. The highest BCUT2D eigenvalue weighted by molar-refractivity contribution is 6.34. The quantitative estimate of drug-likeness (QED) is 0.773. The van der Waals surface area contributed by atoms with Gasteiger partial charge in [-0.3, -0.25) is 14.6 Å². The number of rotatable bonds is 5. The number of hydrogen-bond donors (Lipinski definition) is 2. The van der Waals surface area contributed by atoms with Crippen molar-refractivity contribution in [3.63, 3.8) is 0 Å². The van der Waals surface area contributed by atoms with E-state index in [1.54, 1.807) is 4.98 Å². The number of H-pyrrole nitrogens is 1. The van der Waals surface area contributed by atoms with E-state index in [2.05, 4.69) is 11.9 Å². The first kappa shape index (κ1) is 19.5. The van der Waals surface area contributed by atoms with Crippen molar-refractivity contribution in [2.45, 2.75) is 13.5 Å². The van der Waals surface area contributed by atoms with E-state index in [9.17, 15) is 27.6 Å². The highest BCUT2D eigenvalue weighted by Crippen LogP contribution is 2.29. The fourth-order valence-corrected chi connectivity index (χ4v) is 2.62. The van der Waals surface area contributed by atoms with Gasteiger partial charge in [-0.1, -0.05) is 17.7 Å². The molecule has 2 N–H and O–H groups in total. The van der Waals surface area contributed by atoms with Gasteiger partial charge in [0, 0.05) is 17.8 Å². The maximum Gasteiger partial charge on any atom is 0.333 e. The van der Waals surface area contributed by atoms with Gasteiger partial charge in [0.15, 0.2) is 0 Å².